The highest BCUT2D eigenvalue weighted by Gasteiger charge is 2.28. The molecule has 0 bridgehead atoms. The summed E-state index contributed by atoms with van der Waals surface area (Å²) >= 11 is 0. The first kappa shape index (κ1) is 23.7. The molecule has 2 aliphatic carbocycles. The van der Waals surface area contributed by atoms with Gasteiger partial charge in [0.2, 0.25) is 0 Å². The molecule has 2 saturated carbocycles. The summed E-state index contributed by atoms with van der Waals surface area (Å²) in [5.41, 5.74) is 0. The molecule has 2 unspecified atom stereocenters. The topological polar surface area (TPSA) is 18.5 Å². The van der Waals surface area contributed by atoms with Crippen LogP contribution in [0, 0.1) is 23.7 Å². The maximum atomic E-state index is 13.4. The second-order valence-electron chi connectivity index (χ2n) is 8.54. The van der Waals surface area contributed by atoms with E-state index in [4.69, 9.17) is 9.47 Å². The van der Waals surface area contributed by atoms with Gasteiger partial charge in [0.1, 0.15) is 6.33 Å². The van der Waals surface area contributed by atoms with E-state index in [1.807, 2.05) is 6.92 Å². The third-order valence-corrected chi connectivity index (χ3v) is 6.50. The van der Waals surface area contributed by atoms with E-state index in [2.05, 4.69) is 12.7 Å². The minimum atomic E-state index is -1.000. The van der Waals surface area contributed by atoms with Crippen LogP contribution in [0.4, 0.5) is 8.78 Å². The minimum Gasteiger partial charge on any atom is -0.501 e. The molecule has 2 atom stereocenters. The molecule has 0 aromatic carbocycles. The van der Waals surface area contributed by atoms with E-state index in [1.165, 1.54) is 63.9 Å². The van der Waals surface area contributed by atoms with Gasteiger partial charge < -0.3 is 9.47 Å². The molecule has 2 aliphatic rings. The Labute approximate surface area is 175 Å². The van der Waals surface area contributed by atoms with Crippen molar-refractivity contribution in [3.63, 3.8) is 0 Å². The van der Waals surface area contributed by atoms with Gasteiger partial charge in [0.15, 0.2) is 11.6 Å². The summed E-state index contributed by atoms with van der Waals surface area (Å²) in [5.74, 6) is 1.99. The van der Waals surface area contributed by atoms with Crippen molar-refractivity contribution in [3.8, 4) is 0 Å². The fraction of sp³-hybridized carbons (Fsp3) is 0.680. The molecule has 2 rings (SSSR count). The van der Waals surface area contributed by atoms with E-state index in [0.717, 1.165) is 24.2 Å². The lowest BCUT2D eigenvalue weighted by atomic mass is 9.73. The largest absolute Gasteiger partial charge is 0.501 e. The van der Waals surface area contributed by atoms with Gasteiger partial charge in [0.25, 0.3) is 0 Å². The van der Waals surface area contributed by atoms with Crippen LogP contribution in [0.2, 0.25) is 0 Å². The number of rotatable bonds is 10. The van der Waals surface area contributed by atoms with E-state index in [9.17, 15) is 8.78 Å². The second kappa shape index (κ2) is 13.6. The summed E-state index contributed by atoms with van der Waals surface area (Å²) in [4.78, 5) is 0. The Bertz CT molecular complexity index is 559. The maximum Gasteiger partial charge on any atom is 0.193 e. The number of hydrogen-bond donors (Lipinski definition) is 0. The number of hydrogen-bond acceptors (Lipinski definition) is 2. The van der Waals surface area contributed by atoms with Crippen molar-refractivity contribution >= 4 is 0 Å². The van der Waals surface area contributed by atoms with Crippen LogP contribution in [0.5, 0.6) is 0 Å². The van der Waals surface area contributed by atoms with Crippen LogP contribution in [0.3, 0.4) is 0 Å². The van der Waals surface area contributed by atoms with Gasteiger partial charge >= 0.3 is 0 Å². The van der Waals surface area contributed by atoms with Crippen molar-refractivity contribution in [2.24, 2.45) is 23.7 Å². The highest BCUT2D eigenvalue weighted by atomic mass is 19.2. The summed E-state index contributed by atoms with van der Waals surface area (Å²) in [7, 11) is 0. The SMILES string of the molecule is C=CC1CCC(C2CCCC(CO/C=C/C=C(OCCC)\C(F)=C\F)CC2)CC1. The molecule has 164 valence electrons. The van der Waals surface area contributed by atoms with Crippen molar-refractivity contribution < 1.29 is 18.3 Å². The van der Waals surface area contributed by atoms with Crippen molar-refractivity contribution in [1.29, 1.82) is 0 Å². The van der Waals surface area contributed by atoms with Crippen LogP contribution >= 0.6 is 0 Å². The highest BCUT2D eigenvalue weighted by molar-refractivity contribution is 5.22. The maximum absolute atomic E-state index is 13.4. The molecule has 0 N–H and O–H groups in total. The second-order valence-corrected chi connectivity index (χ2v) is 8.54. The van der Waals surface area contributed by atoms with Gasteiger partial charge in [-0.05, 0) is 87.2 Å². The Morgan fingerprint density at radius 3 is 2.45 bits per heavy atom. The zero-order valence-corrected chi connectivity index (χ0v) is 18.0. The number of ether oxygens (including phenoxy) is 2. The molecule has 4 heteroatoms. The molecule has 0 heterocycles. The fourth-order valence-corrected chi connectivity index (χ4v) is 4.73. The lowest BCUT2D eigenvalue weighted by Gasteiger charge is -2.32. The molecule has 29 heavy (non-hydrogen) atoms. The molecule has 0 aromatic rings. The van der Waals surface area contributed by atoms with Crippen molar-refractivity contribution in [3.05, 3.63) is 49.0 Å². The standard InChI is InChI=1S/C25H38F2O2/c1-3-16-29-25(24(27)18-26)9-6-17-28-19-21-7-5-8-22(15-12-21)23-13-10-20(4-2)11-14-23/h4,6,9,17-18,20-23H,2-3,5,7-8,10-16,19H2,1H3/b17-6+,24-18-,25-9+. The molecule has 0 radical (unpaired) electrons. The smallest absolute Gasteiger partial charge is 0.193 e. The number of halogens is 2. The Kier molecular flexibility index (Phi) is 11.1. The van der Waals surface area contributed by atoms with Crippen LogP contribution in [0.25, 0.3) is 0 Å². The van der Waals surface area contributed by atoms with E-state index in [-0.39, 0.29) is 12.1 Å². The summed E-state index contributed by atoms with van der Waals surface area (Å²) < 4.78 is 36.7. The Hall–Kier alpha value is -1.58. The summed E-state index contributed by atoms with van der Waals surface area (Å²) in [5, 5.41) is 0. The Morgan fingerprint density at radius 2 is 1.76 bits per heavy atom. The molecule has 0 saturated heterocycles. The predicted molar refractivity (Wildman–Crippen MR) is 115 cm³/mol. The van der Waals surface area contributed by atoms with Crippen molar-refractivity contribution in [1.82, 2.24) is 0 Å². The van der Waals surface area contributed by atoms with Crippen LogP contribution < -0.4 is 0 Å². The minimum absolute atomic E-state index is 0.0814. The van der Waals surface area contributed by atoms with Crippen LogP contribution in [0.15, 0.2) is 49.0 Å². The van der Waals surface area contributed by atoms with Gasteiger partial charge in [-0.2, -0.15) is 0 Å². The van der Waals surface area contributed by atoms with Gasteiger partial charge in [-0.1, -0.05) is 25.8 Å². The van der Waals surface area contributed by atoms with Crippen molar-refractivity contribution in [2.45, 2.75) is 71.1 Å². The highest BCUT2D eigenvalue weighted by Crippen LogP contribution is 2.40. The predicted octanol–water partition coefficient (Wildman–Crippen LogP) is 7.80. The third-order valence-electron chi connectivity index (χ3n) is 6.50. The molecule has 0 aliphatic heterocycles. The molecular weight excluding hydrogens is 370 g/mol. The average molecular weight is 409 g/mol. The van der Waals surface area contributed by atoms with Gasteiger partial charge in [-0.15, -0.1) is 6.58 Å². The van der Waals surface area contributed by atoms with E-state index >= 15 is 0 Å². The Morgan fingerprint density at radius 1 is 1.03 bits per heavy atom. The third kappa shape index (κ3) is 8.36. The molecule has 2 fully saturated rings. The molecule has 2 nitrogen and oxygen atoms in total. The monoisotopic (exact) mass is 408 g/mol. The summed E-state index contributed by atoms with van der Waals surface area (Å²) in [6.07, 6.45) is 19.1. The first-order valence-corrected chi connectivity index (χ1v) is 11.4. The van der Waals surface area contributed by atoms with Crippen LogP contribution in [-0.2, 0) is 9.47 Å². The van der Waals surface area contributed by atoms with E-state index in [1.54, 1.807) is 12.3 Å². The first-order valence-electron chi connectivity index (χ1n) is 11.4. The lowest BCUT2D eigenvalue weighted by Crippen LogP contribution is -2.21. The van der Waals surface area contributed by atoms with E-state index in [0.29, 0.717) is 19.1 Å². The van der Waals surface area contributed by atoms with Gasteiger partial charge in [0, 0.05) is 0 Å². The van der Waals surface area contributed by atoms with Crippen LogP contribution in [-0.4, -0.2) is 13.2 Å². The quantitative estimate of drug-likeness (QED) is 0.159. The normalized spacial score (nSPS) is 29.5. The van der Waals surface area contributed by atoms with Crippen LogP contribution in [0.1, 0.15) is 71.1 Å². The van der Waals surface area contributed by atoms with Gasteiger partial charge in [-0.25, -0.2) is 8.78 Å². The zero-order valence-electron chi connectivity index (χ0n) is 18.0. The zero-order chi connectivity index (χ0) is 20.9. The summed E-state index contributed by atoms with van der Waals surface area (Å²) in [6, 6.07) is 0. The Balaban J connectivity index is 1.72. The van der Waals surface area contributed by atoms with Gasteiger partial charge in [-0.3, -0.25) is 0 Å². The van der Waals surface area contributed by atoms with Crippen molar-refractivity contribution in [2.75, 3.05) is 13.2 Å². The van der Waals surface area contributed by atoms with Gasteiger partial charge in [0.05, 0.1) is 19.5 Å². The molecule has 0 spiro atoms. The molecule has 0 amide bonds. The molecular formula is C25H38F2O2. The summed E-state index contributed by atoms with van der Waals surface area (Å²) in [6.45, 7) is 6.90. The number of allylic oxidation sites excluding steroid dienone is 4. The average Bonchev–Trinajstić information content (AvgIpc) is 3.01. The van der Waals surface area contributed by atoms with E-state index < -0.39 is 5.83 Å². The lowest BCUT2D eigenvalue weighted by molar-refractivity contribution is 0.175. The fourth-order valence-electron chi connectivity index (χ4n) is 4.73. The molecule has 0 aromatic heterocycles. The first-order chi connectivity index (χ1) is 14.2.